The molecule has 1 atom stereocenters. The molecule has 0 aliphatic carbocycles. The van der Waals surface area contributed by atoms with Crippen molar-refractivity contribution in [1.82, 2.24) is 4.90 Å². The van der Waals surface area contributed by atoms with E-state index in [1.807, 2.05) is 92.7 Å². The quantitative estimate of drug-likeness (QED) is 0.673. The fourth-order valence-corrected chi connectivity index (χ4v) is 3.72. The van der Waals surface area contributed by atoms with E-state index in [1.165, 1.54) is 5.56 Å². The highest BCUT2D eigenvalue weighted by molar-refractivity contribution is 6.05. The van der Waals surface area contributed by atoms with Crippen LogP contribution in [0.4, 0.5) is 0 Å². The average molecular weight is 369 g/mol. The summed E-state index contributed by atoms with van der Waals surface area (Å²) in [6, 6.07) is 25.7. The largest absolute Gasteiger partial charge is 0.503 e. The van der Waals surface area contributed by atoms with Crippen molar-refractivity contribution in [3.8, 4) is 0 Å². The lowest BCUT2D eigenvalue weighted by atomic mass is 9.93. The van der Waals surface area contributed by atoms with E-state index < -0.39 is 0 Å². The van der Waals surface area contributed by atoms with Crippen molar-refractivity contribution in [3.05, 3.63) is 112 Å². The molecule has 0 radical (unpaired) electrons. The van der Waals surface area contributed by atoms with Gasteiger partial charge in [-0.2, -0.15) is 0 Å². The zero-order chi connectivity index (χ0) is 19.7. The van der Waals surface area contributed by atoms with E-state index in [1.54, 1.807) is 4.90 Å². The van der Waals surface area contributed by atoms with Crippen molar-refractivity contribution in [1.29, 1.82) is 0 Å². The summed E-state index contributed by atoms with van der Waals surface area (Å²) in [6.45, 7) is 4.51. The molecule has 1 aliphatic heterocycles. The first-order chi connectivity index (χ1) is 13.5. The SMILES string of the molecule is Cc1ccc(CN2C(=O)C(O)=C(c3ccc(C)cc3)C2c2ccccc2)cc1. The van der Waals surface area contributed by atoms with Crippen molar-refractivity contribution in [3.63, 3.8) is 0 Å². The van der Waals surface area contributed by atoms with Crippen LogP contribution in [0.3, 0.4) is 0 Å². The van der Waals surface area contributed by atoms with Crippen LogP contribution in [0.15, 0.2) is 84.6 Å². The molecule has 4 rings (SSSR count). The first-order valence-corrected chi connectivity index (χ1v) is 9.46. The Labute approximate surface area is 165 Å². The van der Waals surface area contributed by atoms with Crippen LogP contribution in [0.5, 0.6) is 0 Å². The number of carbonyl (C=O) groups is 1. The van der Waals surface area contributed by atoms with Gasteiger partial charge in [0.1, 0.15) is 0 Å². The van der Waals surface area contributed by atoms with E-state index in [9.17, 15) is 9.90 Å². The number of nitrogens with zero attached hydrogens (tertiary/aromatic N) is 1. The Morgan fingerprint density at radius 2 is 1.39 bits per heavy atom. The van der Waals surface area contributed by atoms with Gasteiger partial charge in [0.05, 0.1) is 6.04 Å². The minimum atomic E-state index is -0.329. The minimum Gasteiger partial charge on any atom is -0.503 e. The molecule has 3 aromatic carbocycles. The highest BCUT2D eigenvalue weighted by atomic mass is 16.3. The number of aliphatic hydroxyl groups is 1. The van der Waals surface area contributed by atoms with Gasteiger partial charge in [0.25, 0.3) is 5.91 Å². The van der Waals surface area contributed by atoms with Crippen molar-refractivity contribution < 1.29 is 9.90 Å². The fourth-order valence-electron chi connectivity index (χ4n) is 3.72. The molecule has 0 aromatic heterocycles. The molecule has 1 unspecified atom stereocenters. The molecule has 140 valence electrons. The van der Waals surface area contributed by atoms with Crippen LogP contribution in [0.25, 0.3) is 5.57 Å². The van der Waals surface area contributed by atoms with Gasteiger partial charge in [0, 0.05) is 12.1 Å². The van der Waals surface area contributed by atoms with Crippen LogP contribution in [-0.2, 0) is 11.3 Å². The Balaban J connectivity index is 1.79. The summed E-state index contributed by atoms with van der Waals surface area (Å²) in [5, 5.41) is 10.8. The minimum absolute atomic E-state index is 0.162. The zero-order valence-electron chi connectivity index (χ0n) is 16.1. The van der Waals surface area contributed by atoms with E-state index in [4.69, 9.17) is 0 Å². The number of aryl methyl sites for hydroxylation is 2. The third kappa shape index (κ3) is 3.31. The maximum absolute atomic E-state index is 13.0. The highest BCUT2D eigenvalue weighted by Crippen LogP contribution is 2.43. The van der Waals surface area contributed by atoms with Crippen molar-refractivity contribution in [2.24, 2.45) is 0 Å². The summed E-state index contributed by atoms with van der Waals surface area (Å²) >= 11 is 0. The van der Waals surface area contributed by atoms with Crippen molar-refractivity contribution >= 4 is 11.5 Å². The van der Waals surface area contributed by atoms with Crippen LogP contribution in [0.2, 0.25) is 0 Å². The Morgan fingerprint density at radius 3 is 2.00 bits per heavy atom. The molecule has 0 saturated carbocycles. The van der Waals surface area contributed by atoms with Gasteiger partial charge in [-0.15, -0.1) is 0 Å². The molecule has 0 fully saturated rings. The lowest BCUT2D eigenvalue weighted by Crippen LogP contribution is -2.29. The van der Waals surface area contributed by atoms with Crippen LogP contribution >= 0.6 is 0 Å². The van der Waals surface area contributed by atoms with E-state index in [-0.39, 0.29) is 17.7 Å². The Morgan fingerprint density at radius 1 is 0.821 bits per heavy atom. The van der Waals surface area contributed by atoms with Gasteiger partial charge in [0.2, 0.25) is 0 Å². The van der Waals surface area contributed by atoms with Gasteiger partial charge < -0.3 is 10.0 Å². The van der Waals surface area contributed by atoms with Crippen LogP contribution < -0.4 is 0 Å². The molecule has 1 aliphatic rings. The maximum atomic E-state index is 13.0. The lowest BCUT2D eigenvalue weighted by molar-refractivity contribution is -0.130. The van der Waals surface area contributed by atoms with Gasteiger partial charge in [-0.05, 0) is 30.5 Å². The number of aliphatic hydroxyl groups excluding tert-OH is 1. The normalized spacial score (nSPS) is 16.7. The van der Waals surface area contributed by atoms with Crippen LogP contribution in [0.1, 0.15) is 33.9 Å². The van der Waals surface area contributed by atoms with Crippen molar-refractivity contribution in [2.75, 3.05) is 0 Å². The summed E-state index contributed by atoms with van der Waals surface area (Å²) in [5.74, 6) is -0.491. The number of hydrogen-bond donors (Lipinski definition) is 1. The molecule has 3 nitrogen and oxygen atoms in total. The molecule has 3 aromatic rings. The van der Waals surface area contributed by atoms with Crippen LogP contribution in [0, 0.1) is 13.8 Å². The number of benzene rings is 3. The number of rotatable bonds is 4. The highest BCUT2D eigenvalue weighted by Gasteiger charge is 2.40. The number of carbonyl (C=O) groups excluding carboxylic acids is 1. The van der Waals surface area contributed by atoms with Gasteiger partial charge in [0.15, 0.2) is 5.76 Å². The number of amides is 1. The van der Waals surface area contributed by atoms with E-state index in [0.29, 0.717) is 12.1 Å². The molecule has 3 heteroatoms. The summed E-state index contributed by atoms with van der Waals surface area (Å²) < 4.78 is 0. The predicted molar refractivity (Wildman–Crippen MR) is 112 cm³/mol. The van der Waals surface area contributed by atoms with E-state index in [0.717, 1.165) is 22.3 Å². The average Bonchev–Trinajstić information content (AvgIpc) is 2.96. The second-order valence-corrected chi connectivity index (χ2v) is 7.36. The second-order valence-electron chi connectivity index (χ2n) is 7.36. The Bertz CT molecular complexity index is 1020. The Hall–Kier alpha value is -3.33. The molecular formula is C25H23NO2. The van der Waals surface area contributed by atoms with Crippen LogP contribution in [-0.4, -0.2) is 15.9 Å². The molecule has 0 saturated heterocycles. The van der Waals surface area contributed by atoms with Gasteiger partial charge in [-0.1, -0.05) is 90.0 Å². The zero-order valence-corrected chi connectivity index (χ0v) is 16.1. The fraction of sp³-hybridized carbons (Fsp3) is 0.160. The molecular weight excluding hydrogens is 346 g/mol. The molecule has 1 N–H and O–H groups in total. The van der Waals surface area contributed by atoms with Crippen molar-refractivity contribution in [2.45, 2.75) is 26.4 Å². The smallest absolute Gasteiger partial charge is 0.290 e. The Kier molecular flexibility index (Phi) is 4.74. The molecule has 1 amide bonds. The molecule has 0 spiro atoms. The first-order valence-electron chi connectivity index (χ1n) is 9.46. The maximum Gasteiger partial charge on any atom is 0.290 e. The standard InChI is InChI=1S/C25H23NO2/c1-17-8-12-19(13-9-17)16-26-23(21-6-4-3-5-7-21)22(24(27)25(26)28)20-14-10-18(2)11-15-20/h3-15,23,27H,16H2,1-2H3. The van der Waals surface area contributed by atoms with E-state index in [2.05, 4.69) is 0 Å². The van der Waals surface area contributed by atoms with Gasteiger partial charge in [-0.25, -0.2) is 0 Å². The molecule has 1 heterocycles. The molecule has 0 bridgehead atoms. The van der Waals surface area contributed by atoms with Gasteiger partial charge in [-0.3, -0.25) is 4.79 Å². The topological polar surface area (TPSA) is 40.5 Å². The first kappa shape index (κ1) is 18.1. The summed E-state index contributed by atoms with van der Waals surface area (Å²) in [5.41, 5.74) is 5.89. The summed E-state index contributed by atoms with van der Waals surface area (Å²) in [7, 11) is 0. The summed E-state index contributed by atoms with van der Waals surface area (Å²) in [6.07, 6.45) is 0. The summed E-state index contributed by atoms with van der Waals surface area (Å²) in [4.78, 5) is 14.8. The predicted octanol–water partition coefficient (Wildman–Crippen LogP) is 5.36. The van der Waals surface area contributed by atoms with Gasteiger partial charge >= 0.3 is 0 Å². The van der Waals surface area contributed by atoms with E-state index >= 15 is 0 Å². The second kappa shape index (κ2) is 7.35. The lowest BCUT2D eigenvalue weighted by Gasteiger charge is -2.27. The monoisotopic (exact) mass is 369 g/mol. The third-order valence-corrected chi connectivity index (χ3v) is 5.26. The third-order valence-electron chi connectivity index (χ3n) is 5.26. The number of hydrogen-bond acceptors (Lipinski definition) is 2. The molecule has 28 heavy (non-hydrogen) atoms.